The van der Waals surface area contributed by atoms with Gasteiger partial charge in [0.05, 0.1) is 7.11 Å². The number of carbonyl (C=O) groups is 1. The highest BCUT2D eigenvalue weighted by molar-refractivity contribution is 5.95. The topological polar surface area (TPSA) is 38.3 Å². The van der Waals surface area contributed by atoms with Crippen molar-refractivity contribution in [2.45, 2.75) is 50.5 Å². The minimum absolute atomic E-state index is 0.0803. The zero-order chi connectivity index (χ0) is 19.1. The van der Waals surface area contributed by atoms with E-state index in [1.807, 2.05) is 12.1 Å². The number of hydrogen-bond donors (Lipinski definition) is 1. The van der Waals surface area contributed by atoms with Crippen molar-refractivity contribution in [3.8, 4) is 5.75 Å². The Morgan fingerprint density at radius 2 is 1.78 bits per heavy atom. The first-order valence-corrected chi connectivity index (χ1v) is 9.82. The highest BCUT2D eigenvalue weighted by atomic mass is 19.1. The second-order valence-corrected chi connectivity index (χ2v) is 7.28. The lowest BCUT2D eigenvalue weighted by Crippen LogP contribution is -2.33. The van der Waals surface area contributed by atoms with E-state index in [1.54, 1.807) is 19.2 Å². The molecule has 0 aromatic heterocycles. The number of halogens is 1. The van der Waals surface area contributed by atoms with Crippen LogP contribution in [0.3, 0.4) is 0 Å². The Balaban J connectivity index is 1.37. The number of para-hydroxylation sites is 1. The summed E-state index contributed by atoms with van der Waals surface area (Å²) < 4.78 is 18.4. The highest BCUT2D eigenvalue weighted by Gasteiger charge is 2.23. The van der Waals surface area contributed by atoms with Gasteiger partial charge in [-0.25, -0.2) is 4.39 Å². The molecule has 0 heterocycles. The highest BCUT2D eigenvalue weighted by Crippen LogP contribution is 2.37. The number of ether oxygens (including phenoxy) is 1. The fraction of sp³-hybridized carbons (Fsp3) is 0.435. The van der Waals surface area contributed by atoms with Crippen molar-refractivity contribution in [2.24, 2.45) is 0 Å². The minimum Gasteiger partial charge on any atom is -0.496 e. The summed E-state index contributed by atoms with van der Waals surface area (Å²) in [7, 11) is 1.74. The Hall–Kier alpha value is -2.20. The van der Waals surface area contributed by atoms with Crippen LogP contribution in [0.25, 0.3) is 0 Å². The fourth-order valence-electron chi connectivity index (χ4n) is 3.95. The molecule has 2 aromatic carbocycles. The summed E-state index contributed by atoms with van der Waals surface area (Å²) in [5, 5.41) is 3.59. The van der Waals surface area contributed by atoms with Gasteiger partial charge in [-0.05, 0) is 80.5 Å². The average molecular weight is 369 g/mol. The number of ketones is 1. The molecule has 0 amide bonds. The van der Waals surface area contributed by atoms with Gasteiger partial charge < -0.3 is 10.1 Å². The van der Waals surface area contributed by atoms with E-state index in [9.17, 15) is 9.18 Å². The normalized spacial score (nSPS) is 19.6. The lowest BCUT2D eigenvalue weighted by Gasteiger charge is -2.30. The first kappa shape index (κ1) is 19.6. The molecule has 2 aromatic rings. The molecule has 1 aliphatic carbocycles. The third-order valence-corrected chi connectivity index (χ3v) is 5.49. The Morgan fingerprint density at radius 3 is 2.48 bits per heavy atom. The van der Waals surface area contributed by atoms with Crippen molar-refractivity contribution in [1.29, 1.82) is 0 Å². The van der Waals surface area contributed by atoms with Gasteiger partial charge in [0.1, 0.15) is 11.6 Å². The van der Waals surface area contributed by atoms with Crippen LogP contribution < -0.4 is 10.1 Å². The zero-order valence-corrected chi connectivity index (χ0v) is 15.9. The molecule has 0 unspecified atom stereocenters. The molecule has 1 N–H and O–H groups in total. The van der Waals surface area contributed by atoms with E-state index in [1.165, 1.54) is 17.7 Å². The molecule has 27 heavy (non-hydrogen) atoms. The Bertz CT molecular complexity index is 736. The molecule has 1 saturated carbocycles. The number of hydrogen-bond acceptors (Lipinski definition) is 3. The van der Waals surface area contributed by atoms with E-state index >= 15 is 0 Å². The summed E-state index contributed by atoms with van der Waals surface area (Å²) >= 11 is 0. The van der Waals surface area contributed by atoms with Gasteiger partial charge in [0.25, 0.3) is 0 Å². The number of nitrogens with one attached hydrogen (secondary N) is 1. The SMILES string of the molecule is COc1ccccc1C1CCC(NCCCC(=O)c2ccc(F)cc2)CC1. The van der Waals surface area contributed by atoms with Crippen LogP contribution in [0, 0.1) is 5.82 Å². The molecule has 3 rings (SSSR count). The van der Waals surface area contributed by atoms with Gasteiger partial charge in [-0.15, -0.1) is 0 Å². The maximum Gasteiger partial charge on any atom is 0.162 e. The van der Waals surface area contributed by atoms with E-state index in [0.717, 1.165) is 44.4 Å². The number of rotatable bonds is 8. The zero-order valence-electron chi connectivity index (χ0n) is 15.9. The summed E-state index contributed by atoms with van der Waals surface area (Å²) in [4.78, 5) is 12.1. The summed E-state index contributed by atoms with van der Waals surface area (Å²) in [6.07, 6.45) is 5.92. The van der Waals surface area contributed by atoms with Crippen LogP contribution in [0.5, 0.6) is 5.75 Å². The predicted molar refractivity (Wildman–Crippen MR) is 106 cm³/mol. The molecule has 0 spiro atoms. The third kappa shape index (κ3) is 5.39. The molecule has 3 nitrogen and oxygen atoms in total. The van der Waals surface area contributed by atoms with Gasteiger partial charge in [-0.2, -0.15) is 0 Å². The van der Waals surface area contributed by atoms with E-state index < -0.39 is 0 Å². The average Bonchev–Trinajstić information content (AvgIpc) is 2.72. The molecule has 0 radical (unpaired) electrons. The number of benzene rings is 2. The van der Waals surface area contributed by atoms with Crippen LogP contribution in [0.2, 0.25) is 0 Å². The van der Waals surface area contributed by atoms with Crippen molar-refractivity contribution < 1.29 is 13.9 Å². The van der Waals surface area contributed by atoms with Crippen molar-refractivity contribution in [1.82, 2.24) is 5.32 Å². The van der Waals surface area contributed by atoms with Gasteiger partial charge in [-0.3, -0.25) is 4.79 Å². The molecule has 4 heteroatoms. The largest absolute Gasteiger partial charge is 0.496 e. The van der Waals surface area contributed by atoms with E-state index in [2.05, 4.69) is 17.4 Å². The van der Waals surface area contributed by atoms with Gasteiger partial charge >= 0.3 is 0 Å². The second-order valence-electron chi connectivity index (χ2n) is 7.28. The summed E-state index contributed by atoms with van der Waals surface area (Å²) in [6.45, 7) is 0.844. The first-order valence-electron chi connectivity index (χ1n) is 9.82. The van der Waals surface area contributed by atoms with Crippen LogP contribution in [0.1, 0.15) is 60.4 Å². The third-order valence-electron chi connectivity index (χ3n) is 5.49. The Kier molecular flexibility index (Phi) is 6.99. The van der Waals surface area contributed by atoms with Gasteiger partial charge in [0.2, 0.25) is 0 Å². The van der Waals surface area contributed by atoms with Gasteiger partial charge in [0.15, 0.2) is 5.78 Å². The molecule has 0 bridgehead atoms. The molecule has 0 saturated heterocycles. The number of carbonyl (C=O) groups excluding carboxylic acids is 1. The van der Waals surface area contributed by atoms with Crippen LogP contribution in [-0.4, -0.2) is 25.5 Å². The maximum atomic E-state index is 12.9. The van der Waals surface area contributed by atoms with Crippen LogP contribution >= 0.6 is 0 Å². The van der Waals surface area contributed by atoms with Crippen molar-refractivity contribution in [3.05, 3.63) is 65.5 Å². The van der Waals surface area contributed by atoms with Crippen molar-refractivity contribution in [3.63, 3.8) is 0 Å². The molecular formula is C23H28FNO2. The van der Waals surface area contributed by atoms with Crippen LogP contribution in [0.15, 0.2) is 48.5 Å². The molecule has 1 fully saturated rings. The van der Waals surface area contributed by atoms with Crippen LogP contribution in [0.4, 0.5) is 4.39 Å². The Morgan fingerprint density at radius 1 is 1.07 bits per heavy atom. The van der Waals surface area contributed by atoms with Crippen molar-refractivity contribution in [2.75, 3.05) is 13.7 Å². The van der Waals surface area contributed by atoms with Crippen molar-refractivity contribution >= 4 is 5.78 Å². The number of Topliss-reactive ketones (excluding diaryl/α,β-unsaturated/α-hetero) is 1. The molecular weight excluding hydrogens is 341 g/mol. The van der Waals surface area contributed by atoms with Crippen LogP contribution in [-0.2, 0) is 0 Å². The standard InChI is InChI=1S/C23H28FNO2/c1-27-23-7-3-2-5-21(23)17-10-14-20(15-11-17)25-16-4-6-22(26)18-8-12-19(24)13-9-18/h2-3,5,7-9,12-13,17,20,25H,4,6,10-11,14-16H2,1H3. The summed E-state index contributed by atoms with van der Waals surface area (Å²) in [6, 6.07) is 14.6. The molecule has 0 atom stereocenters. The quantitative estimate of drug-likeness (QED) is 0.519. The number of methoxy groups -OCH3 is 1. The monoisotopic (exact) mass is 369 g/mol. The molecule has 1 aliphatic rings. The fourth-order valence-corrected chi connectivity index (χ4v) is 3.95. The van der Waals surface area contributed by atoms with Gasteiger partial charge in [0, 0.05) is 18.0 Å². The Labute approximate surface area is 160 Å². The lowest BCUT2D eigenvalue weighted by molar-refractivity contribution is 0.0979. The summed E-state index contributed by atoms with van der Waals surface area (Å²) in [5.74, 6) is 1.33. The molecule has 0 aliphatic heterocycles. The molecule has 144 valence electrons. The van der Waals surface area contributed by atoms with Gasteiger partial charge in [-0.1, -0.05) is 18.2 Å². The van der Waals surface area contributed by atoms with E-state index in [0.29, 0.717) is 23.9 Å². The maximum absolute atomic E-state index is 12.9. The summed E-state index contributed by atoms with van der Waals surface area (Å²) in [5.41, 5.74) is 1.91. The first-order chi connectivity index (χ1) is 13.2. The second kappa shape index (κ2) is 9.65. The minimum atomic E-state index is -0.308. The van der Waals surface area contributed by atoms with E-state index in [-0.39, 0.29) is 11.6 Å². The van der Waals surface area contributed by atoms with E-state index in [4.69, 9.17) is 4.74 Å². The lowest BCUT2D eigenvalue weighted by atomic mass is 9.81. The smallest absolute Gasteiger partial charge is 0.162 e. The predicted octanol–water partition coefficient (Wildman–Crippen LogP) is 5.11.